The summed E-state index contributed by atoms with van der Waals surface area (Å²) in [4.78, 5) is 0. The monoisotopic (exact) mass is 235 g/mol. The van der Waals surface area contributed by atoms with Gasteiger partial charge in [-0.2, -0.15) is 0 Å². The van der Waals surface area contributed by atoms with Gasteiger partial charge in [-0.1, -0.05) is 39.5 Å². The van der Waals surface area contributed by atoms with Crippen LogP contribution in [0.3, 0.4) is 0 Å². The van der Waals surface area contributed by atoms with E-state index in [1.54, 1.807) is 0 Å². The van der Waals surface area contributed by atoms with Crippen LogP contribution < -0.4 is 5.73 Å². The van der Waals surface area contributed by atoms with Gasteiger partial charge >= 0.3 is 0 Å². The highest BCUT2D eigenvalue weighted by molar-refractivity contribution is 7.90. The minimum Gasteiger partial charge on any atom is -0.327 e. The number of rotatable bonds is 8. The third-order valence-electron chi connectivity index (χ3n) is 2.70. The SMILES string of the molecule is CCCCC(CC)CC(N)CS(C)(=O)=O. The molecule has 92 valence electrons. The summed E-state index contributed by atoms with van der Waals surface area (Å²) in [6.07, 6.45) is 6.76. The summed E-state index contributed by atoms with van der Waals surface area (Å²) in [5.74, 6) is 0.706. The van der Waals surface area contributed by atoms with Crippen LogP contribution in [0.2, 0.25) is 0 Å². The van der Waals surface area contributed by atoms with Gasteiger partial charge in [-0.25, -0.2) is 8.42 Å². The van der Waals surface area contributed by atoms with Crippen molar-refractivity contribution in [3.8, 4) is 0 Å². The lowest BCUT2D eigenvalue weighted by molar-refractivity contribution is 0.394. The van der Waals surface area contributed by atoms with E-state index in [1.165, 1.54) is 25.5 Å². The molecular weight excluding hydrogens is 210 g/mol. The molecule has 0 aliphatic rings. The Morgan fingerprint density at radius 2 is 1.87 bits per heavy atom. The van der Waals surface area contributed by atoms with Crippen molar-refractivity contribution < 1.29 is 8.42 Å². The van der Waals surface area contributed by atoms with Gasteiger partial charge in [0.2, 0.25) is 0 Å². The molecule has 2 unspecified atom stereocenters. The maximum atomic E-state index is 11.0. The summed E-state index contributed by atoms with van der Waals surface area (Å²) in [5.41, 5.74) is 5.83. The summed E-state index contributed by atoms with van der Waals surface area (Å²) >= 11 is 0. The molecule has 0 rings (SSSR count). The fourth-order valence-corrected chi connectivity index (χ4v) is 2.78. The fraction of sp³-hybridized carbons (Fsp3) is 1.00. The van der Waals surface area contributed by atoms with E-state index < -0.39 is 9.84 Å². The standard InChI is InChI=1S/C11H25NO2S/c1-4-6-7-10(5-2)8-11(12)9-15(3,13)14/h10-11H,4-9,12H2,1-3H3. The van der Waals surface area contributed by atoms with Crippen LogP contribution in [0.1, 0.15) is 46.0 Å². The van der Waals surface area contributed by atoms with Gasteiger partial charge in [0, 0.05) is 12.3 Å². The minimum absolute atomic E-state index is 0.121. The molecule has 0 radical (unpaired) electrons. The highest BCUT2D eigenvalue weighted by Crippen LogP contribution is 2.18. The average Bonchev–Trinajstić information content (AvgIpc) is 2.09. The molecule has 0 fully saturated rings. The van der Waals surface area contributed by atoms with Crippen LogP contribution in [0.25, 0.3) is 0 Å². The van der Waals surface area contributed by atoms with Crippen molar-refractivity contribution in [1.82, 2.24) is 0 Å². The zero-order valence-corrected chi connectivity index (χ0v) is 11.0. The van der Waals surface area contributed by atoms with Crippen molar-refractivity contribution in [2.45, 2.75) is 52.0 Å². The summed E-state index contributed by atoms with van der Waals surface area (Å²) < 4.78 is 22.1. The Morgan fingerprint density at radius 3 is 2.27 bits per heavy atom. The average molecular weight is 235 g/mol. The largest absolute Gasteiger partial charge is 0.327 e. The van der Waals surface area contributed by atoms with Crippen LogP contribution in [0.15, 0.2) is 0 Å². The third kappa shape index (κ3) is 8.88. The Morgan fingerprint density at radius 1 is 1.27 bits per heavy atom. The number of sulfone groups is 1. The third-order valence-corrected chi connectivity index (χ3v) is 3.73. The molecule has 0 spiro atoms. The number of hydrogen-bond acceptors (Lipinski definition) is 3. The van der Waals surface area contributed by atoms with Crippen LogP contribution in [0, 0.1) is 5.92 Å². The first kappa shape index (κ1) is 14.9. The van der Waals surface area contributed by atoms with Crippen molar-refractivity contribution in [3.05, 3.63) is 0 Å². The van der Waals surface area contributed by atoms with Gasteiger partial charge in [-0.15, -0.1) is 0 Å². The van der Waals surface area contributed by atoms with E-state index in [0.717, 1.165) is 12.8 Å². The van der Waals surface area contributed by atoms with Gasteiger partial charge in [-0.3, -0.25) is 0 Å². The van der Waals surface area contributed by atoms with E-state index in [-0.39, 0.29) is 11.8 Å². The van der Waals surface area contributed by atoms with E-state index >= 15 is 0 Å². The first-order valence-corrected chi connectivity index (χ1v) is 7.88. The van der Waals surface area contributed by atoms with Gasteiger partial charge in [0.25, 0.3) is 0 Å². The second-order valence-corrected chi connectivity index (χ2v) is 6.69. The second-order valence-electron chi connectivity index (χ2n) is 4.50. The summed E-state index contributed by atoms with van der Waals surface area (Å²) in [6.45, 7) is 4.32. The maximum absolute atomic E-state index is 11.0. The predicted octanol–water partition coefficient (Wildman–Crippen LogP) is 1.96. The molecule has 0 aliphatic carbocycles. The lowest BCUT2D eigenvalue weighted by atomic mass is 9.93. The molecule has 0 saturated carbocycles. The highest BCUT2D eigenvalue weighted by Gasteiger charge is 2.15. The van der Waals surface area contributed by atoms with Crippen LogP contribution >= 0.6 is 0 Å². The molecule has 0 heterocycles. The van der Waals surface area contributed by atoms with Crippen LogP contribution in [0.5, 0.6) is 0 Å². The van der Waals surface area contributed by atoms with Crippen molar-refractivity contribution in [1.29, 1.82) is 0 Å². The predicted molar refractivity (Wildman–Crippen MR) is 65.6 cm³/mol. The molecule has 0 aliphatic heterocycles. The summed E-state index contributed by atoms with van der Waals surface area (Å²) in [5, 5.41) is 0. The van der Waals surface area contributed by atoms with Crippen LogP contribution in [-0.2, 0) is 9.84 Å². The number of hydrogen-bond donors (Lipinski definition) is 1. The first-order valence-electron chi connectivity index (χ1n) is 5.82. The van der Waals surface area contributed by atoms with E-state index in [9.17, 15) is 8.42 Å². The van der Waals surface area contributed by atoms with Crippen LogP contribution in [0.4, 0.5) is 0 Å². The van der Waals surface area contributed by atoms with Gasteiger partial charge < -0.3 is 5.73 Å². The molecule has 2 atom stereocenters. The number of nitrogens with two attached hydrogens (primary N) is 1. The Hall–Kier alpha value is -0.0900. The second kappa shape index (κ2) is 7.23. The van der Waals surface area contributed by atoms with Crippen molar-refractivity contribution >= 4 is 9.84 Å². The fourth-order valence-electron chi connectivity index (χ4n) is 1.87. The molecule has 4 heteroatoms. The van der Waals surface area contributed by atoms with E-state index in [4.69, 9.17) is 5.73 Å². The quantitative estimate of drug-likeness (QED) is 0.699. The van der Waals surface area contributed by atoms with Crippen molar-refractivity contribution in [3.63, 3.8) is 0 Å². The Labute approximate surface area is 94.4 Å². The van der Waals surface area contributed by atoms with Gasteiger partial charge in [-0.05, 0) is 12.3 Å². The molecule has 0 bridgehead atoms. The summed E-state index contributed by atoms with van der Waals surface area (Å²) in [6, 6.07) is -0.193. The lowest BCUT2D eigenvalue weighted by Crippen LogP contribution is -2.31. The molecule has 0 aromatic rings. The Balaban J connectivity index is 3.95. The minimum atomic E-state index is -2.92. The Kier molecular flexibility index (Phi) is 7.18. The van der Waals surface area contributed by atoms with Gasteiger partial charge in [0.15, 0.2) is 0 Å². The van der Waals surface area contributed by atoms with E-state index in [0.29, 0.717) is 5.92 Å². The molecule has 2 N–H and O–H groups in total. The van der Waals surface area contributed by atoms with E-state index in [2.05, 4.69) is 13.8 Å². The molecular formula is C11H25NO2S. The normalized spacial score (nSPS) is 16.3. The van der Waals surface area contributed by atoms with Gasteiger partial charge in [0.05, 0.1) is 5.75 Å². The van der Waals surface area contributed by atoms with Crippen molar-refractivity contribution in [2.24, 2.45) is 11.7 Å². The zero-order valence-electron chi connectivity index (χ0n) is 10.2. The molecule has 0 aromatic heterocycles. The van der Waals surface area contributed by atoms with E-state index in [1.807, 2.05) is 0 Å². The van der Waals surface area contributed by atoms with Crippen molar-refractivity contribution in [2.75, 3.05) is 12.0 Å². The maximum Gasteiger partial charge on any atom is 0.148 e. The lowest BCUT2D eigenvalue weighted by Gasteiger charge is -2.18. The van der Waals surface area contributed by atoms with Gasteiger partial charge in [0.1, 0.15) is 9.84 Å². The smallest absolute Gasteiger partial charge is 0.148 e. The first-order chi connectivity index (χ1) is 6.89. The molecule has 0 amide bonds. The Bertz CT molecular complexity index is 249. The molecule has 3 nitrogen and oxygen atoms in total. The summed E-state index contributed by atoms with van der Waals surface area (Å²) in [7, 11) is -2.92. The molecule has 0 aromatic carbocycles. The zero-order chi connectivity index (χ0) is 11.9. The highest BCUT2D eigenvalue weighted by atomic mass is 32.2. The molecule has 15 heavy (non-hydrogen) atoms. The van der Waals surface area contributed by atoms with Crippen LogP contribution in [-0.4, -0.2) is 26.5 Å². The molecule has 0 saturated heterocycles. The topological polar surface area (TPSA) is 60.2 Å². The number of unbranched alkanes of at least 4 members (excludes halogenated alkanes) is 1.